The number of rotatable bonds is 9. The Hall–Kier alpha value is -1.36. The molecule has 0 aromatic carbocycles. The van der Waals surface area contributed by atoms with Gasteiger partial charge in [0.2, 0.25) is 5.91 Å². The third-order valence-electron chi connectivity index (χ3n) is 3.05. The van der Waals surface area contributed by atoms with Crippen molar-refractivity contribution in [2.24, 2.45) is 0 Å². The number of aryl methyl sites for hydroxylation is 1. The Morgan fingerprint density at radius 1 is 1.33 bits per heavy atom. The van der Waals surface area contributed by atoms with E-state index in [1.54, 1.807) is 6.20 Å². The summed E-state index contributed by atoms with van der Waals surface area (Å²) in [4.78, 5) is 15.4. The fraction of sp³-hybridized carbons (Fsp3) is 0.692. The van der Waals surface area contributed by atoms with Crippen LogP contribution >= 0.6 is 0 Å². The van der Waals surface area contributed by atoms with E-state index in [2.05, 4.69) is 20.2 Å². The summed E-state index contributed by atoms with van der Waals surface area (Å²) in [5, 5.41) is 6.29. The average Bonchev–Trinajstić information content (AvgIpc) is 3.01. The highest BCUT2D eigenvalue weighted by molar-refractivity contribution is 5.76. The van der Waals surface area contributed by atoms with E-state index in [0.717, 1.165) is 45.3 Å². The SMILES string of the molecule is O=C(CCNCCCCn1ccnc1)NC1CC1. The van der Waals surface area contributed by atoms with Gasteiger partial charge >= 0.3 is 0 Å². The molecule has 0 atom stereocenters. The quantitative estimate of drug-likeness (QED) is 0.641. The van der Waals surface area contributed by atoms with Crippen LogP contribution in [0.3, 0.4) is 0 Å². The lowest BCUT2D eigenvalue weighted by Crippen LogP contribution is -2.29. The molecule has 1 saturated carbocycles. The Labute approximate surface area is 108 Å². The molecule has 2 rings (SSSR count). The van der Waals surface area contributed by atoms with Gasteiger partial charge in [-0.05, 0) is 32.2 Å². The van der Waals surface area contributed by atoms with Crippen LogP contribution in [0.1, 0.15) is 32.1 Å². The van der Waals surface area contributed by atoms with Crippen LogP contribution < -0.4 is 10.6 Å². The summed E-state index contributed by atoms with van der Waals surface area (Å²) in [6.07, 6.45) is 10.8. The Bertz CT molecular complexity index is 346. The summed E-state index contributed by atoms with van der Waals surface area (Å²) in [7, 11) is 0. The van der Waals surface area contributed by atoms with Gasteiger partial charge in [-0.2, -0.15) is 0 Å². The first-order valence-electron chi connectivity index (χ1n) is 6.80. The number of unbranched alkanes of at least 4 members (excludes halogenated alkanes) is 1. The molecular weight excluding hydrogens is 228 g/mol. The van der Waals surface area contributed by atoms with Crippen molar-refractivity contribution < 1.29 is 4.79 Å². The molecule has 0 saturated heterocycles. The second-order valence-corrected chi connectivity index (χ2v) is 4.85. The summed E-state index contributed by atoms with van der Waals surface area (Å²) >= 11 is 0. The molecule has 5 nitrogen and oxygen atoms in total. The van der Waals surface area contributed by atoms with Crippen LogP contribution in [0.4, 0.5) is 0 Å². The number of nitrogens with one attached hydrogen (secondary N) is 2. The Morgan fingerprint density at radius 3 is 2.94 bits per heavy atom. The van der Waals surface area contributed by atoms with Gasteiger partial charge in [-0.1, -0.05) is 0 Å². The van der Waals surface area contributed by atoms with Crippen molar-refractivity contribution in [2.45, 2.75) is 44.7 Å². The molecular formula is C13H22N4O. The van der Waals surface area contributed by atoms with Crippen molar-refractivity contribution in [1.82, 2.24) is 20.2 Å². The smallest absolute Gasteiger partial charge is 0.221 e. The topological polar surface area (TPSA) is 59.0 Å². The van der Waals surface area contributed by atoms with Gasteiger partial charge in [0.1, 0.15) is 0 Å². The fourth-order valence-corrected chi connectivity index (χ4v) is 1.82. The van der Waals surface area contributed by atoms with Crippen LogP contribution in [0, 0.1) is 0 Å². The molecule has 0 aliphatic heterocycles. The maximum atomic E-state index is 11.4. The van der Waals surface area contributed by atoms with E-state index in [1.807, 2.05) is 12.5 Å². The molecule has 5 heteroatoms. The summed E-state index contributed by atoms with van der Waals surface area (Å²) in [5.74, 6) is 0.184. The molecule has 1 aliphatic rings. The monoisotopic (exact) mass is 250 g/mol. The van der Waals surface area contributed by atoms with E-state index in [-0.39, 0.29) is 5.91 Å². The standard InChI is InChI=1S/C13H22N4O/c18-13(16-12-3-4-12)5-7-14-6-1-2-9-17-10-8-15-11-17/h8,10-12,14H,1-7,9H2,(H,16,18). The van der Waals surface area contributed by atoms with Gasteiger partial charge in [0.15, 0.2) is 0 Å². The van der Waals surface area contributed by atoms with Gasteiger partial charge in [0.05, 0.1) is 6.33 Å². The summed E-state index contributed by atoms with van der Waals surface area (Å²) in [6, 6.07) is 0.479. The lowest BCUT2D eigenvalue weighted by atomic mass is 10.3. The number of hydrogen-bond donors (Lipinski definition) is 2. The number of hydrogen-bond acceptors (Lipinski definition) is 3. The first-order valence-corrected chi connectivity index (χ1v) is 6.80. The molecule has 100 valence electrons. The number of nitrogens with zero attached hydrogens (tertiary/aromatic N) is 2. The molecule has 0 spiro atoms. The summed E-state index contributed by atoms with van der Waals surface area (Å²) in [6.45, 7) is 2.78. The predicted octanol–water partition coefficient (Wildman–Crippen LogP) is 0.922. The highest BCUT2D eigenvalue weighted by Crippen LogP contribution is 2.18. The van der Waals surface area contributed by atoms with Gasteiger partial charge in [0.25, 0.3) is 0 Å². The van der Waals surface area contributed by atoms with Gasteiger partial charge in [-0.3, -0.25) is 4.79 Å². The number of carbonyl (C=O) groups excluding carboxylic acids is 1. The zero-order chi connectivity index (χ0) is 12.6. The van der Waals surface area contributed by atoms with E-state index < -0.39 is 0 Å². The molecule has 0 unspecified atom stereocenters. The summed E-state index contributed by atoms with van der Waals surface area (Å²) < 4.78 is 2.09. The molecule has 1 aromatic heterocycles. The molecule has 1 heterocycles. The largest absolute Gasteiger partial charge is 0.353 e. The van der Waals surface area contributed by atoms with Crippen LogP contribution in [-0.2, 0) is 11.3 Å². The Morgan fingerprint density at radius 2 is 2.22 bits per heavy atom. The van der Waals surface area contributed by atoms with Crippen LogP contribution in [0.2, 0.25) is 0 Å². The van der Waals surface area contributed by atoms with E-state index in [9.17, 15) is 4.79 Å². The number of amides is 1. The van der Waals surface area contributed by atoms with Crippen molar-refractivity contribution in [3.05, 3.63) is 18.7 Å². The van der Waals surface area contributed by atoms with Gasteiger partial charge in [-0.25, -0.2) is 4.98 Å². The lowest BCUT2D eigenvalue weighted by molar-refractivity contribution is -0.121. The second-order valence-electron chi connectivity index (χ2n) is 4.85. The average molecular weight is 250 g/mol. The van der Waals surface area contributed by atoms with Crippen LogP contribution in [0.5, 0.6) is 0 Å². The van der Waals surface area contributed by atoms with Crippen molar-refractivity contribution in [2.75, 3.05) is 13.1 Å². The molecule has 1 aromatic rings. The molecule has 1 aliphatic carbocycles. The first-order chi connectivity index (χ1) is 8.84. The third-order valence-corrected chi connectivity index (χ3v) is 3.05. The Kier molecular flexibility index (Phi) is 5.20. The third kappa shape index (κ3) is 5.31. The van der Waals surface area contributed by atoms with E-state index in [4.69, 9.17) is 0 Å². The minimum absolute atomic E-state index is 0.184. The van der Waals surface area contributed by atoms with Crippen molar-refractivity contribution in [1.29, 1.82) is 0 Å². The maximum absolute atomic E-state index is 11.4. The molecule has 0 bridgehead atoms. The predicted molar refractivity (Wildman–Crippen MR) is 70.1 cm³/mol. The minimum Gasteiger partial charge on any atom is -0.353 e. The van der Waals surface area contributed by atoms with Crippen LogP contribution in [0.25, 0.3) is 0 Å². The zero-order valence-corrected chi connectivity index (χ0v) is 10.8. The molecule has 1 fully saturated rings. The van der Waals surface area contributed by atoms with Crippen molar-refractivity contribution in [3.8, 4) is 0 Å². The summed E-state index contributed by atoms with van der Waals surface area (Å²) in [5.41, 5.74) is 0. The first kappa shape index (κ1) is 13.1. The van der Waals surface area contributed by atoms with Crippen molar-refractivity contribution >= 4 is 5.91 Å². The van der Waals surface area contributed by atoms with E-state index in [1.165, 1.54) is 0 Å². The van der Waals surface area contributed by atoms with E-state index in [0.29, 0.717) is 12.5 Å². The van der Waals surface area contributed by atoms with Crippen LogP contribution in [0.15, 0.2) is 18.7 Å². The Balaban J connectivity index is 1.38. The molecule has 2 N–H and O–H groups in total. The van der Waals surface area contributed by atoms with Crippen LogP contribution in [-0.4, -0.2) is 34.6 Å². The van der Waals surface area contributed by atoms with Crippen molar-refractivity contribution in [3.63, 3.8) is 0 Å². The highest BCUT2D eigenvalue weighted by Gasteiger charge is 2.22. The molecule has 0 radical (unpaired) electrons. The fourth-order valence-electron chi connectivity index (χ4n) is 1.82. The molecule has 18 heavy (non-hydrogen) atoms. The molecule has 1 amide bonds. The normalized spacial score (nSPS) is 14.7. The van der Waals surface area contributed by atoms with E-state index >= 15 is 0 Å². The lowest BCUT2D eigenvalue weighted by Gasteiger charge is -2.06. The van der Waals surface area contributed by atoms with Gasteiger partial charge < -0.3 is 15.2 Å². The number of imidazole rings is 1. The maximum Gasteiger partial charge on any atom is 0.221 e. The second kappa shape index (κ2) is 7.16. The van der Waals surface area contributed by atoms with Gasteiger partial charge in [-0.15, -0.1) is 0 Å². The highest BCUT2D eigenvalue weighted by atomic mass is 16.1. The number of aromatic nitrogens is 2. The minimum atomic E-state index is 0.184. The zero-order valence-electron chi connectivity index (χ0n) is 10.8. The number of carbonyl (C=O) groups is 1. The van der Waals surface area contributed by atoms with Gasteiger partial charge in [0, 0.05) is 37.9 Å².